The molecule has 148 valence electrons. The van der Waals surface area contributed by atoms with Gasteiger partial charge in [-0.15, -0.1) is 0 Å². The first kappa shape index (κ1) is 19.6. The van der Waals surface area contributed by atoms with Crippen LogP contribution in [0.5, 0.6) is 5.75 Å². The number of fused-ring (bicyclic) bond motifs is 1. The lowest BCUT2D eigenvalue weighted by atomic mass is 10.1. The Balaban J connectivity index is 2.64. The van der Waals surface area contributed by atoms with Gasteiger partial charge in [0.25, 0.3) is 11.5 Å². The number of nitrogens with two attached hydrogens (primary N) is 2. The fourth-order valence-corrected chi connectivity index (χ4v) is 3.45. The average molecular weight is 415 g/mol. The number of phenolic OH excluding ortho intramolecular Hbond substituents is 1. The third kappa shape index (κ3) is 2.68. The van der Waals surface area contributed by atoms with Crippen LogP contribution >= 0.6 is 11.6 Å². The number of hydrogen-bond donors (Lipinski definition) is 3. The highest BCUT2D eigenvalue weighted by Gasteiger charge is 2.36. The number of carbonyl (C=O) groups is 1. The number of carbonyl (C=O) groups excluding carboxylic acids is 1. The minimum Gasteiger partial charge on any atom is -0.508 e. The van der Waals surface area contributed by atoms with E-state index in [1.165, 1.54) is 19.1 Å². The number of aromatic nitrogens is 2. The quantitative estimate of drug-likeness (QED) is 0.597. The molecule has 0 fully saturated rings. The maximum absolute atomic E-state index is 13.3. The summed E-state index contributed by atoms with van der Waals surface area (Å²) < 4.78 is 41.4. The molecular formula is C17H14ClF3N4O3. The molecule has 0 aliphatic heterocycles. The molecule has 3 aromatic rings. The second-order valence-corrected chi connectivity index (χ2v) is 6.56. The van der Waals surface area contributed by atoms with Gasteiger partial charge >= 0.3 is 6.18 Å². The number of anilines is 1. The van der Waals surface area contributed by atoms with Crippen LogP contribution in [0.1, 0.15) is 21.6 Å². The first-order valence-corrected chi connectivity index (χ1v) is 8.15. The Kier molecular flexibility index (Phi) is 4.34. The Morgan fingerprint density at radius 1 is 1.29 bits per heavy atom. The van der Waals surface area contributed by atoms with E-state index < -0.39 is 28.9 Å². The Morgan fingerprint density at radius 2 is 1.89 bits per heavy atom. The second-order valence-electron chi connectivity index (χ2n) is 6.15. The predicted molar refractivity (Wildman–Crippen MR) is 97.9 cm³/mol. The zero-order chi connectivity index (χ0) is 21.1. The second kappa shape index (κ2) is 6.20. The highest BCUT2D eigenvalue weighted by Crippen LogP contribution is 2.38. The van der Waals surface area contributed by atoms with Crippen LogP contribution in [0.2, 0.25) is 5.02 Å². The van der Waals surface area contributed by atoms with Crippen molar-refractivity contribution in [1.82, 2.24) is 9.13 Å². The summed E-state index contributed by atoms with van der Waals surface area (Å²) in [5, 5.41) is 9.69. The lowest BCUT2D eigenvalue weighted by Crippen LogP contribution is -2.27. The first-order valence-electron chi connectivity index (χ1n) is 7.77. The van der Waals surface area contributed by atoms with Crippen molar-refractivity contribution in [3.8, 4) is 11.4 Å². The Bertz CT molecular complexity index is 1210. The van der Waals surface area contributed by atoms with Crippen LogP contribution in [0.15, 0.2) is 23.0 Å². The Labute approximate surface area is 160 Å². The molecule has 2 aromatic heterocycles. The van der Waals surface area contributed by atoms with Gasteiger partial charge in [0, 0.05) is 18.0 Å². The van der Waals surface area contributed by atoms with Gasteiger partial charge in [-0.1, -0.05) is 11.6 Å². The summed E-state index contributed by atoms with van der Waals surface area (Å²) in [6.07, 6.45) is -4.85. The van der Waals surface area contributed by atoms with E-state index in [-0.39, 0.29) is 38.7 Å². The normalized spacial score (nSPS) is 11.9. The summed E-state index contributed by atoms with van der Waals surface area (Å²) in [4.78, 5) is 24.7. The average Bonchev–Trinajstić information content (AvgIpc) is 2.86. The maximum Gasteiger partial charge on any atom is 0.431 e. The smallest absolute Gasteiger partial charge is 0.431 e. The minimum absolute atomic E-state index is 0.0496. The third-order valence-corrected chi connectivity index (χ3v) is 4.81. The third-order valence-electron chi connectivity index (χ3n) is 4.51. The van der Waals surface area contributed by atoms with E-state index in [0.29, 0.717) is 10.6 Å². The fourth-order valence-electron chi connectivity index (χ4n) is 3.16. The van der Waals surface area contributed by atoms with Gasteiger partial charge in [0.1, 0.15) is 22.8 Å². The summed E-state index contributed by atoms with van der Waals surface area (Å²) in [5.41, 5.74) is 8.47. The molecule has 0 aliphatic carbocycles. The molecule has 0 radical (unpaired) electrons. The van der Waals surface area contributed by atoms with Gasteiger partial charge in [0.15, 0.2) is 0 Å². The standard InChI is InChI=1S/C17H14ClF3N4O3/c1-6-9(26)4-3-8(18)12(6)25-13-7(11(14(25)22)15(23)27)5-10(17(19,20)21)24(2)16(13)28/h3-5,26H,22H2,1-2H3,(H2,23,27). The van der Waals surface area contributed by atoms with Gasteiger partial charge in [0.05, 0.1) is 16.3 Å². The van der Waals surface area contributed by atoms with E-state index in [1.54, 1.807) is 0 Å². The van der Waals surface area contributed by atoms with Gasteiger partial charge < -0.3 is 21.1 Å². The summed E-state index contributed by atoms with van der Waals surface area (Å²) in [7, 11) is 0.943. The molecule has 3 rings (SSSR count). The van der Waals surface area contributed by atoms with Gasteiger partial charge in [-0.25, -0.2) is 0 Å². The number of hydrogen-bond acceptors (Lipinski definition) is 4. The van der Waals surface area contributed by atoms with Crippen molar-refractivity contribution in [2.75, 3.05) is 5.73 Å². The molecule has 1 amide bonds. The number of nitrogens with zero attached hydrogens (tertiary/aromatic N) is 2. The van der Waals surface area contributed by atoms with Gasteiger partial charge in [-0.05, 0) is 25.1 Å². The molecule has 28 heavy (non-hydrogen) atoms. The number of alkyl halides is 3. The molecule has 0 saturated carbocycles. The molecular weight excluding hydrogens is 401 g/mol. The predicted octanol–water partition coefficient (Wildman–Crippen LogP) is 2.70. The number of primary amides is 1. The van der Waals surface area contributed by atoms with Crippen LogP contribution in [0.4, 0.5) is 19.0 Å². The van der Waals surface area contributed by atoms with Crippen molar-refractivity contribution in [1.29, 1.82) is 0 Å². The van der Waals surface area contributed by atoms with Gasteiger partial charge in [-0.3, -0.25) is 14.2 Å². The minimum atomic E-state index is -4.85. The molecule has 11 heteroatoms. The van der Waals surface area contributed by atoms with Gasteiger partial charge in [0.2, 0.25) is 0 Å². The van der Waals surface area contributed by atoms with Crippen LogP contribution in [-0.2, 0) is 13.2 Å². The summed E-state index contributed by atoms with van der Waals surface area (Å²) in [6.45, 7) is 1.47. The van der Waals surface area contributed by atoms with E-state index in [2.05, 4.69) is 0 Å². The zero-order valence-corrected chi connectivity index (χ0v) is 15.3. The molecule has 0 unspecified atom stereocenters. The van der Waals surface area contributed by atoms with Crippen molar-refractivity contribution in [3.63, 3.8) is 0 Å². The fraction of sp³-hybridized carbons (Fsp3) is 0.176. The van der Waals surface area contributed by atoms with Crippen molar-refractivity contribution in [2.24, 2.45) is 12.8 Å². The highest BCUT2D eigenvalue weighted by molar-refractivity contribution is 6.33. The largest absolute Gasteiger partial charge is 0.508 e. The highest BCUT2D eigenvalue weighted by atomic mass is 35.5. The number of halogens is 4. The number of phenols is 1. The van der Waals surface area contributed by atoms with Crippen molar-refractivity contribution < 1.29 is 23.1 Å². The molecule has 5 N–H and O–H groups in total. The molecule has 0 spiro atoms. The summed E-state index contributed by atoms with van der Waals surface area (Å²) >= 11 is 6.20. The van der Waals surface area contributed by atoms with Gasteiger partial charge in [-0.2, -0.15) is 13.2 Å². The van der Waals surface area contributed by atoms with Crippen molar-refractivity contribution in [3.05, 3.63) is 50.4 Å². The maximum atomic E-state index is 13.3. The molecule has 0 bridgehead atoms. The lowest BCUT2D eigenvalue weighted by Gasteiger charge is -2.16. The monoisotopic (exact) mass is 414 g/mol. The summed E-state index contributed by atoms with van der Waals surface area (Å²) in [5.74, 6) is -1.67. The SMILES string of the molecule is Cc1c(O)ccc(Cl)c1-n1c(N)c(C(N)=O)c2cc(C(F)(F)F)n(C)c(=O)c21. The topological polar surface area (TPSA) is 116 Å². The van der Waals surface area contributed by atoms with Crippen LogP contribution < -0.4 is 17.0 Å². The first-order chi connectivity index (χ1) is 12.9. The number of pyridine rings is 1. The molecule has 7 nitrogen and oxygen atoms in total. The van der Waals surface area contributed by atoms with E-state index in [0.717, 1.165) is 11.6 Å². The van der Waals surface area contributed by atoms with Crippen molar-refractivity contribution >= 4 is 34.2 Å². The molecule has 1 aromatic carbocycles. The lowest BCUT2D eigenvalue weighted by molar-refractivity contribution is -0.143. The van der Waals surface area contributed by atoms with Crippen LogP contribution in [-0.4, -0.2) is 20.1 Å². The Morgan fingerprint density at radius 3 is 2.43 bits per heavy atom. The molecule has 0 atom stereocenters. The van der Waals surface area contributed by atoms with Crippen LogP contribution in [0, 0.1) is 6.92 Å². The van der Waals surface area contributed by atoms with Crippen molar-refractivity contribution in [2.45, 2.75) is 13.1 Å². The summed E-state index contributed by atoms with van der Waals surface area (Å²) in [6, 6.07) is 3.26. The molecule has 0 saturated heterocycles. The molecule has 0 aliphatic rings. The van der Waals surface area contributed by atoms with E-state index >= 15 is 0 Å². The number of amides is 1. The number of rotatable bonds is 2. The van der Waals surface area contributed by atoms with Crippen LogP contribution in [0.25, 0.3) is 16.6 Å². The Hall–Kier alpha value is -3.14. The van der Waals surface area contributed by atoms with Crippen LogP contribution in [0.3, 0.4) is 0 Å². The van der Waals surface area contributed by atoms with E-state index in [4.69, 9.17) is 23.1 Å². The van der Waals surface area contributed by atoms with E-state index in [9.17, 15) is 27.9 Å². The number of aromatic hydroxyl groups is 1. The van der Waals surface area contributed by atoms with E-state index in [1.807, 2.05) is 0 Å². The molecule has 2 heterocycles. The number of benzene rings is 1. The zero-order valence-electron chi connectivity index (χ0n) is 14.6. The number of nitrogen functional groups attached to an aromatic ring is 1.